The van der Waals surface area contributed by atoms with Crippen molar-refractivity contribution in [2.45, 2.75) is 45.1 Å². The maximum atomic E-state index is 11.6. The third kappa shape index (κ3) is 1.98. The molecule has 1 aliphatic carbocycles. The number of carbonyl (C=O) groups excluding carboxylic acids is 2. The molecule has 2 fully saturated rings. The highest BCUT2D eigenvalue weighted by atomic mass is 16.2. The van der Waals surface area contributed by atoms with Crippen molar-refractivity contribution in [2.75, 3.05) is 6.54 Å². The van der Waals surface area contributed by atoms with Crippen LogP contribution in [0.1, 0.15) is 39.0 Å². The van der Waals surface area contributed by atoms with E-state index < -0.39 is 0 Å². The van der Waals surface area contributed by atoms with Gasteiger partial charge in [-0.05, 0) is 18.8 Å². The van der Waals surface area contributed by atoms with Crippen molar-refractivity contribution in [3.05, 3.63) is 0 Å². The fourth-order valence-corrected chi connectivity index (χ4v) is 2.63. The first-order valence-electron chi connectivity index (χ1n) is 5.80. The summed E-state index contributed by atoms with van der Waals surface area (Å²) in [4.78, 5) is 24.6. The maximum Gasteiger partial charge on any atom is 0.324 e. The summed E-state index contributed by atoms with van der Waals surface area (Å²) in [5.74, 6) is 0.388. The molecule has 2 unspecified atom stereocenters. The molecule has 1 saturated heterocycles. The second-order valence-corrected chi connectivity index (χ2v) is 4.61. The fraction of sp³-hybridized carbons (Fsp3) is 0.818. The van der Waals surface area contributed by atoms with Crippen LogP contribution in [0.15, 0.2) is 0 Å². The first-order chi connectivity index (χ1) is 7.20. The molecule has 0 aromatic heterocycles. The van der Waals surface area contributed by atoms with Crippen molar-refractivity contribution in [3.8, 4) is 0 Å². The number of rotatable bonds is 1. The SMILES string of the molecule is CC1CCCCCC1N1C(=O)CNC1=O. The van der Waals surface area contributed by atoms with E-state index in [1.807, 2.05) is 0 Å². The molecule has 3 amide bonds. The van der Waals surface area contributed by atoms with Crippen LogP contribution in [0.25, 0.3) is 0 Å². The zero-order chi connectivity index (χ0) is 10.8. The Morgan fingerprint density at radius 1 is 1.20 bits per heavy atom. The summed E-state index contributed by atoms with van der Waals surface area (Å²) >= 11 is 0. The molecule has 84 valence electrons. The maximum absolute atomic E-state index is 11.6. The van der Waals surface area contributed by atoms with E-state index >= 15 is 0 Å². The molecule has 4 nitrogen and oxygen atoms in total. The highest BCUT2D eigenvalue weighted by Gasteiger charge is 2.37. The van der Waals surface area contributed by atoms with Gasteiger partial charge in [0.2, 0.25) is 5.91 Å². The fourth-order valence-electron chi connectivity index (χ4n) is 2.63. The third-order valence-electron chi connectivity index (χ3n) is 3.53. The Bertz CT molecular complexity index is 262. The Balaban J connectivity index is 2.12. The molecule has 0 bridgehead atoms. The molecule has 1 aliphatic heterocycles. The van der Waals surface area contributed by atoms with E-state index in [0.717, 1.165) is 19.3 Å². The van der Waals surface area contributed by atoms with E-state index in [-0.39, 0.29) is 24.5 Å². The lowest BCUT2D eigenvalue weighted by atomic mass is 9.96. The average molecular weight is 210 g/mol. The normalized spacial score (nSPS) is 32.7. The van der Waals surface area contributed by atoms with Gasteiger partial charge < -0.3 is 5.32 Å². The van der Waals surface area contributed by atoms with Crippen LogP contribution in [0.2, 0.25) is 0 Å². The van der Waals surface area contributed by atoms with Gasteiger partial charge >= 0.3 is 6.03 Å². The summed E-state index contributed by atoms with van der Waals surface area (Å²) in [5.41, 5.74) is 0. The van der Waals surface area contributed by atoms with Crippen LogP contribution in [0, 0.1) is 5.92 Å². The van der Waals surface area contributed by atoms with Crippen LogP contribution >= 0.6 is 0 Å². The highest BCUT2D eigenvalue weighted by molar-refractivity contribution is 6.02. The number of hydrogen-bond acceptors (Lipinski definition) is 2. The summed E-state index contributed by atoms with van der Waals surface area (Å²) in [6.45, 7) is 2.33. The molecule has 15 heavy (non-hydrogen) atoms. The van der Waals surface area contributed by atoms with Crippen LogP contribution in [0.4, 0.5) is 4.79 Å². The first-order valence-corrected chi connectivity index (χ1v) is 5.80. The lowest BCUT2D eigenvalue weighted by molar-refractivity contribution is -0.127. The summed E-state index contributed by atoms with van der Waals surface area (Å²) < 4.78 is 0. The van der Waals surface area contributed by atoms with E-state index in [1.54, 1.807) is 0 Å². The zero-order valence-corrected chi connectivity index (χ0v) is 9.16. The Morgan fingerprint density at radius 2 is 1.93 bits per heavy atom. The number of hydrogen-bond donors (Lipinski definition) is 1. The Hall–Kier alpha value is -1.06. The summed E-state index contributed by atoms with van der Waals surface area (Å²) in [6, 6.07) is -0.0683. The summed E-state index contributed by atoms with van der Waals surface area (Å²) in [5, 5.41) is 2.60. The van der Waals surface area contributed by atoms with E-state index in [9.17, 15) is 9.59 Å². The van der Waals surface area contributed by atoms with Crippen molar-refractivity contribution < 1.29 is 9.59 Å². The molecule has 2 rings (SSSR count). The molecule has 0 aromatic carbocycles. The molecule has 2 atom stereocenters. The molecule has 0 radical (unpaired) electrons. The van der Waals surface area contributed by atoms with Gasteiger partial charge in [-0.25, -0.2) is 4.79 Å². The number of nitrogens with zero attached hydrogens (tertiary/aromatic N) is 1. The molecule has 0 spiro atoms. The molecule has 1 saturated carbocycles. The van der Waals surface area contributed by atoms with E-state index in [1.165, 1.54) is 17.7 Å². The Labute approximate surface area is 90.0 Å². The van der Waals surface area contributed by atoms with Gasteiger partial charge in [0, 0.05) is 6.04 Å². The quantitative estimate of drug-likeness (QED) is 0.527. The van der Waals surface area contributed by atoms with E-state index in [0.29, 0.717) is 5.92 Å². The molecule has 1 heterocycles. The average Bonchev–Trinajstić information content (AvgIpc) is 2.42. The largest absolute Gasteiger partial charge is 0.329 e. The Kier molecular flexibility index (Phi) is 2.93. The van der Waals surface area contributed by atoms with Gasteiger partial charge in [-0.1, -0.05) is 26.2 Å². The molecular formula is C11H18N2O2. The number of amides is 3. The van der Waals surface area contributed by atoms with Gasteiger partial charge in [0.05, 0.1) is 6.54 Å². The van der Waals surface area contributed by atoms with Gasteiger partial charge in [-0.15, -0.1) is 0 Å². The van der Waals surface area contributed by atoms with Crippen molar-refractivity contribution in [1.82, 2.24) is 10.2 Å². The second kappa shape index (κ2) is 4.21. The van der Waals surface area contributed by atoms with Crippen LogP contribution < -0.4 is 5.32 Å². The van der Waals surface area contributed by atoms with Gasteiger partial charge in [-0.3, -0.25) is 9.69 Å². The molecule has 1 N–H and O–H groups in total. The third-order valence-corrected chi connectivity index (χ3v) is 3.53. The molecule has 0 aromatic rings. The summed E-state index contributed by atoms with van der Waals surface area (Å²) in [6.07, 6.45) is 5.68. The standard InChI is InChI=1S/C11H18N2O2/c1-8-5-3-2-4-6-9(8)13-10(14)7-12-11(13)15/h8-9H,2-7H2,1H3,(H,12,15). The smallest absolute Gasteiger partial charge is 0.324 e. The molecule has 4 heteroatoms. The van der Waals surface area contributed by atoms with Gasteiger partial charge in [0.15, 0.2) is 0 Å². The van der Waals surface area contributed by atoms with Crippen LogP contribution in [-0.4, -0.2) is 29.4 Å². The minimum atomic E-state index is -0.196. The van der Waals surface area contributed by atoms with Crippen LogP contribution in [-0.2, 0) is 4.79 Å². The number of imide groups is 1. The summed E-state index contributed by atoms with van der Waals surface area (Å²) in [7, 11) is 0. The monoisotopic (exact) mass is 210 g/mol. The van der Waals surface area contributed by atoms with E-state index in [4.69, 9.17) is 0 Å². The predicted molar refractivity (Wildman–Crippen MR) is 56.3 cm³/mol. The van der Waals surface area contributed by atoms with Gasteiger partial charge in [0.1, 0.15) is 0 Å². The van der Waals surface area contributed by atoms with Gasteiger partial charge in [0.25, 0.3) is 0 Å². The van der Waals surface area contributed by atoms with Crippen molar-refractivity contribution in [3.63, 3.8) is 0 Å². The topological polar surface area (TPSA) is 49.4 Å². The predicted octanol–water partition coefficient (Wildman–Crippen LogP) is 1.51. The van der Waals surface area contributed by atoms with Crippen molar-refractivity contribution in [2.24, 2.45) is 5.92 Å². The number of carbonyl (C=O) groups is 2. The molecular weight excluding hydrogens is 192 g/mol. The number of urea groups is 1. The lowest BCUT2D eigenvalue weighted by Crippen LogP contribution is -2.43. The Morgan fingerprint density at radius 3 is 2.60 bits per heavy atom. The minimum absolute atomic E-state index is 0.0567. The van der Waals surface area contributed by atoms with Crippen molar-refractivity contribution in [1.29, 1.82) is 0 Å². The minimum Gasteiger partial charge on any atom is -0.329 e. The zero-order valence-electron chi connectivity index (χ0n) is 9.16. The van der Waals surface area contributed by atoms with Gasteiger partial charge in [-0.2, -0.15) is 0 Å². The number of nitrogens with one attached hydrogen (secondary N) is 1. The van der Waals surface area contributed by atoms with E-state index in [2.05, 4.69) is 12.2 Å². The van der Waals surface area contributed by atoms with Crippen LogP contribution in [0.3, 0.4) is 0 Å². The first kappa shape index (κ1) is 10.5. The second-order valence-electron chi connectivity index (χ2n) is 4.61. The lowest BCUT2D eigenvalue weighted by Gasteiger charge is -2.28. The van der Waals surface area contributed by atoms with Crippen molar-refractivity contribution >= 4 is 11.9 Å². The molecule has 2 aliphatic rings. The van der Waals surface area contributed by atoms with Crippen LogP contribution in [0.5, 0.6) is 0 Å². The highest BCUT2D eigenvalue weighted by Crippen LogP contribution is 2.28.